The molecule has 1 aliphatic rings. The second-order valence-corrected chi connectivity index (χ2v) is 5.74. The van der Waals surface area contributed by atoms with Crippen molar-refractivity contribution in [1.82, 2.24) is 14.6 Å². The molecule has 2 aromatic heterocycles. The molecule has 2 aromatic rings. The van der Waals surface area contributed by atoms with Gasteiger partial charge in [-0.1, -0.05) is 0 Å². The minimum atomic E-state index is -0.386. The van der Waals surface area contributed by atoms with Gasteiger partial charge < -0.3 is 14.4 Å². The van der Waals surface area contributed by atoms with Gasteiger partial charge in [-0.15, -0.1) is 0 Å². The smallest absolute Gasteiger partial charge is 0.343 e. The van der Waals surface area contributed by atoms with Crippen LogP contribution in [0.25, 0.3) is 5.65 Å². The lowest BCUT2D eigenvalue weighted by Crippen LogP contribution is -2.38. The van der Waals surface area contributed by atoms with Gasteiger partial charge in [0.05, 0.1) is 30.0 Å². The van der Waals surface area contributed by atoms with Crippen LogP contribution in [0, 0.1) is 6.92 Å². The lowest BCUT2D eigenvalue weighted by molar-refractivity contribution is 0.0525. The van der Waals surface area contributed by atoms with Gasteiger partial charge in [0, 0.05) is 19.3 Å². The molecule has 0 aromatic carbocycles. The Morgan fingerprint density at radius 3 is 2.86 bits per heavy atom. The zero-order valence-corrected chi connectivity index (χ0v) is 14.1. The second-order valence-electron chi connectivity index (χ2n) is 4.95. The van der Waals surface area contributed by atoms with E-state index in [1.54, 1.807) is 17.6 Å². The van der Waals surface area contributed by atoms with Crippen LogP contribution in [0.15, 0.2) is 10.7 Å². The van der Waals surface area contributed by atoms with Gasteiger partial charge in [-0.2, -0.15) is 9.61 Å². The third kappa shape index (κ3) is 2.56. The molecule has 0 aliphatic carbocycles. The summed E-state index contributed by atoms with van der Waals surface area (Å²) in [5.74, 6) is 0.322. The van der Waals surface area contributed by atoms with Crippen molar-refractivity contribution in [3.8, 4) is 0 Å². The SMILES string of the molecule is CCOC(=O)c1cnc2c(Br)c(C)nn2c1N1CCOCC1. The standard InChI is InChI=1S/C14H17BrN4O3/c1-3-22-14(20)10-8-16-12-11(15)9(2)17-19(12)13(10)18-4-6-21-7-5-18/h8H,3-7H2,1-2H3. The number of aromatic nitrogens is 3. The largest absolute Gasteiger partial charge is 0.462 e. The van der Waals surface area contributed by atoms with Gasteiger partial charge in [0.1, 0.15) is 11.4 Å². The summed E-state index contributed by atoms with van der Waals surface area (Å²) in [6, 6.07) is 0. The molecule has 118 valence electrons. The molecule has 22 heavy (non-hydrogen) atoms. The number of aryl methyl sites for hydroxylation is 1. The molecule has 0 amide bonds. The van der Waals surface area contributed by atoms with Crippen molar-refractivity contribution in [2.24, 2.45) is 0 Å². The summed E-state index contributed by atoms with van der Waals surface area (Å²) in [4.78, 5) is 18.7. The van der Waals surface area contributed by atoms with E-state index < -0.39 is 0 Å². The molecule has 0 radical (unpaired) electrons. The summed E-state index contributed by atoms with van der Waals surface area (Å²) in [5.41, 5.74) is 1.93. The summed E-state index contributed by atoms with van der Waals surface area (Å²) in [5, 5.41) is 4.51. The number of ether oxygens (including phenoxy) is 2. The van der Waals surface area contributed by atoms with Crippen LogP contribution in [0.4, 0.5) is 5.82 Å². The molecular formula is C14H17BrN4O3. The third-order valence-electron chi connectivity index (χ3n) is 3.53. The second kappa shape index (κ2) is 6.21. The Balaban J connectivity index is 2.19. The summed E-state index contributed by atoms with van der Waals surface area (Å²) in [6.07, 6.45) is 1.56. The number of hydrogen-bond acceptors (Lipinski definition) is 6. The maximum absolute atomic E-state index is 12.3. The van der Waals surface area contributed by atoms with Crippen LogP contribution in [-0.4, -0.2) is 53.5 Å². The number of hydrogen-bond donors (Lipinski definition) is 0. The molecular weight excluding hydrogens is 352 g/mol. The van der Waals surface area contributed by atoms with Crippen molar-refractivity contribution in [3.63, 3.8) is 0 Å². The van der Waals surface area contributed by atoms with E-state index in [9.17, 15) is 4.79 Å². The predicted molar refractivity (Wildman–Crippen MR) is 84.4 cm³/mol. The minimum absolute atomic E-state index is 0.321. The van der Waals surface area contributed by atoms with Crippen LogP contribution in [0.1, 0.15) is 23.0 Å². The molecule has 8 heteroatoms. The quantitative estimate of drug-likeness (QED) is 0.769. The van der Waals surface area contributed by atoms with Crippen LogP contribution in [-0.2, 0) is 9.47 Å². The number of esters is 1. The van der Waals surface area contributed by atoms with Crippen LogP contribution >= 0.6 is 15.9 Å². The number of halogens is 1. The number of morpholine rings is 1. The average molecular weight is 369 g/mol. The zero-order chi connectivity index (χ0) is 15.7. The maximum Gasteiger partial charge on any atom is 0.343 e. The van der Waals surface area contributed by atoms with Crippen molar-refractivity contribution in [2.45, 2.75) is 13.8 Å². The highest BCUT2D eigenvalue weighted by atomic mass is 79.9. The number of nitrogens with zero attached hydrogens (tertiary/aromatic N) is 4. The Bertz CT molecular complexity index is 710. The number of carbonyl (C=O) groups is 1. The molecule has 0 bridgehead atoms. The summed E-state index contributed by atoms with van der Waals surface area (Å²) in [7, 11) is 0. The van der Waals surface area contributed by atoms with E-state index in [0.717, 1.165) is 10.2 Å². The average Bonchev–Trinajstić information content (AvgIpc) is 2.82. The normalized spacial score (nSPS) is 15.3. The highest BCUT2D eigenvalue weighted by Crippen LogP contribution is 2.28. The Morgan fingerprint density at radius 2 is 2.18 bits per heavy atom. The zero-order valence-electron chi connectivity index (χ0n) is 12.5. The Morgan fingerprint density at radius 1 is 1.45 bits per heavy atom. The first-order chi connectivity index (χ1) is 10.6. The van der Waals surface area contributed by atoms with Gasteiger partial charge in [-0.25, -0.2) is 9.78 Å². The Hall–Kier alpha value is -1.67. The van der Waals surface area contributed by atoms with Crippen molar-refractivity contribution >= 4 is 33.4 Å². The monoisotopic (exact) mass is 368 g/mol. The van der Waals surface area contributed by atoms with E-state index in [-0.39, 0.29) is 5.97 Å². The summed E-state index contributed by atoms with van der Waals surface area (Å²) in [6.45, 7) is 6.63. The first-order valence-corrected chi connectivity index (χ1v) is 7.96. The van der Waals surface area contributed by atoms with E-state index in [1.807, 2.05) is 6.92 Å². The van der Waals surface area contributed by atoms with E-state index >= 15 is 0 Å². The Kier molecular flexibility index (Phi) is 4.30. The van der Waals surface area contributed by atoms with Crippen LogP contribution in [0.2, 0.25) is 0 Å². The summed E-state index contributed by atoms with van der Waals surface area (Å²) < 4.78 is 13.1. The minimum Gasteiger partial charge on any atom is -0.462 e. The van der Waals surface area contributed by atoms with Crippen LogP contribution in [0.3, 0.4) is 0 Å². The fraction of sp³-hybridized carbons (Fsp3) is 0.500. The summed E-state index contributed by atoms with van der Waals surface area (Å²) >= 11 is 3.50. The molecule has 1 fully saturated rings. The van der Waals surface area contributed by atoms with Gasteiger partial charge in [0.2, 0.25) is 0 Å². The molecule has 0 atom stereocenters. The Labute approximate surface area is 136 Å². The van der Waals surface area contributed by atoms with E-state index in [1.165, 1.54) is 0 Å². The van der Waals surface area contributed by atoms with Crippen LogP contribution in [0.5, 0.6) is 0 Å². The highest BCUT2D eigenvalue weighted by molar-refractivity contribution is 9.10. The molecule has 0 spiro atoms. The highest BCUT2D eigenvalue weighted by Gasteiger charge is 2.25. The molecule has 7 nitrogen and oxygen atoms in total. The molecule has 1 saturated heterocycles. The molecule has 0 unspecified atom stereocenters. The maximum atomic E-state index is 12.3. The lowest BCUT2D eigenvalue weighted by Gasteiger charge is -2.30. The predicted octanol–water partition coefficient (Wildman–Crippen LogP) is 1.81. The third-order valence-corrected chi connectivity index (χ3v) is 4.46. The first-order valence-electron chi connectivity index (χ1n) is 7.17. The molecule has 3 rings (SSSR count). The number of carbonyl (C=O) groups excluding carboxylic acids is 1. The lowest BCUT2D eigenvalue weighted by atomic mass is 10.2. The number of fused-ring (bicyclic) bond motifs is 1. The van der Waals surface area contributed by atoms with Crippen molar-refractivity contribution in [2.75, 3.05) is 37.8 Å². The van der Waals surface area contributed by atoms with Gasteiger partial charge in [0.15, 0.2) is 5.65 Å². The van der Waals surface area contributed by atoms with E-state index in [0.29, 0.717) is 49.9 Å². The van der Waals surface area contributed by atoms with Gasteiger partial charge in [-0.05, 0) is 29.8 Å². The molecule has 3 heterocycles. The molecule has 0 N–H and O–H groups in total. The van der Waals surface area contributed by atoms with Crippen LogP contribution < -0.4 is 4.90 Å². The number of anilines is 1. The first kappa shape index (κ1) is 15.2. The number of rotatable bonds is 3. The van der Waals surface area contributed by atoms with Gasteiger partial charge in [0.25, 0.3) is 0 Å². The van der Waals surface area contributed by atoms with E-state index in [4.69, 9.17) is 9.47 Å². The topological polar surface area (TPSA) is 69.0 Å². The van der Waals surface area contributed by atoms with Gasteiger partial charge in [-0.3, -0.25) is 0 Å². The van der Waals surface area contributed by atoms with Crippen molar-refractivity contribution in [3.05, 3.63) is 21.9 Å². The van der Waals surface area contributed by atoms with Crippen molar-refractivity contribution < 1.29 is 14.3 Å². The van der Waals surface area contributed by atoms with Crippen molar-refractivity contribution in [1.29, 1.82) is 0 Å². The molecule has 0 saturated carbocycles. The fourth-order valence-electron chi connectivity index (χ4n) is 2.48. The van der Waals surface area contributed by atoms with E-state index in [2.05, 4.69) is 30.9 Å². The fourth-order valence-corrected chi connectivity index (χ4v) is 2.83. The molecule has 1 aliphatic heterocycles. The van der Waals surface area contributed by atoms with Gasteiger partial charge >= 0.3 is 5.97 Å².